The molecule has 1 N–H and O–H groups in total. The molecular formula is C16H23NO4. The molecule has 5 nitrogen and oxygen atoms in total. The second-order valence-corrected chi connectivity index (χ2v) is 6.92. The number of likely N-dealkylation sites (tertiary alicyclic amines) is 1. The van der Waals surface area contributed by atoms with Crippen molar-refractivity contribution in [3.8, 4) is 0 Å². The molecule has 21 heavy (non-hydrogen) atoms. The summed E-state index contributed by atoms with van der Waals surface area (Å²) in [5.41, 5.74) is -0.595. The van der Waals surface area contributed by atoms with Crippen LogP contribution in [0, 0.1) is 23.2 Å². The SMILES string of the molecule is CCC1(CC)CC(=O)N(C2C3CCC(C3)C2C(=O)O)C1=O. The molecule has 0 aromatic heterocycles. The summed E-state index contributed by atoms with van der Waals surface area (Å²) in [7, 11) is 0. The molecule has 1 heterocycles. The van der Waals surface area contributed by atoms with E-state index in [1.54, 1.807) is 0 Å². The van der Waals surface area contributed by atoms with Gasteiger partial charge in [-0.3, -0.25) is 19.3 Å². The minimum absolute atomic E-state index is 0.124. The van der Waals surface area contributed by atoms with Gasteiger partial charge in [0.05, 0.1) is 17.4 Å². The number of imide groups is 1. The normalized spacial score (nSPS) is 37.5. The lowest BCUT2D eigenvalue weighted by atomic mass is 9.80. The molecule has 4 atom stereocenters. The average molecular weight is 293 g/mol. The molecule has 0 radical (unpaired) electrons. The summed E-state index contributed by atoms with van der Waals surface area (Å²) >= 11 is 0. The van der Waals surface area contributed by atoms with E-state index in [0.29, 0.717) is 12.8 Å². The van der Waals surface area contributed by atoms with Crippen molar-refractivity contribution in [2.75, 3.05) is 0 Å². The number of hydrogen-bond acceptors (Lipinski definition) is 3. The third kappa shape index (κ3) is 1.86. The Bertz CT molecular complexity index is 497. The zero-order chi connectivity index (χ0) is 15.4. The Morgan fingerprint density at radius 2 is 1.86 bits per heavy atom. The highest BCUT2D eigenvalue weighted by atomic mass is 16.4. The fourth-order valence-corrected chi connectivity index (χ4v) is 4.90. The first kappa shape index (κ1) is 14.5. The van der Waals surface area contributed by atoms with Gasteiger partial charge in [0.2, 0.25) is 11.8 Å². The molecule has 4 unspecified atom stereocenters. The molecule has 2 aliphatic carbocycles. The van der Waals surface area contributed by atoms with E-state index in [1.807, 2.05) is 13.8 Å². The maximum absolute atomic E-state index is 12.8. The Morgan fingerprint density at radius 3 is 2.38 bits per heavy atom. The van der Waals surface area contributed by atoms with Crippen molar-refractivity contribution in [1.82, 2.24) is 4.90 Å². The third-order valence-corrected chi connectivity index (χ3v) is 6.24. The molecule has 3 rings (SSSR count). The largest absolute Gasteiger partial charge is 0.481 e. The Kier molecular flexibility index (Phi) is 3.34. The number of carbonyl (C=O) groups excluding carboxylic acids is 2. The van der Waals surface area contributed by atoms with Gasteiger partial charge in [0.25, 0.3) is 0 Å². The third-order valence-electron chi connectivity index (χ3n) is 6.24. The molecule has 1 aliphatic heterocycles. The van der Waals surface area contributed by atoms with Gasteiger partial charge in [-0.05, 0) is 43.9 Å². The van der Waals surface area contributed by atoms with Gasteiger partial charge in [-0.1, -0.05) is 13.8 Å². The predicted molar refractivity (Wildman–Crippen MR) is 75.2 cm³/mol. The molecule has 2 amide bonds. The van der Waals surface area contributed by atoms with Crippen LogP contribution in [0.3, 0.4) is 0 Å². The van der Waals surface area contributed by atoms with Gasteiger partial charge in [-0.2, -0.15) is 0 Å². The maximum atomic E-state index is 12.8. The van der Waals surface area contributed by atoms with E-state index in [-0.39, 0.29) is 30.1 Å². The zero-order valence-corrected chi connectivity index (χ0v) is 12.7. The monoisotopic (exact) mass is 293 g/mol. The highest BCUT2D eigenvalue weighted by molar-refractivity contribution is 6.06. The van der Waals surface area contributed by atoms with Gasteiger partial charge in [0.15, 0.2) is 0 Å². The summed E-state index contributed by atoms with van der Waals surface area (Å²) < 4.78 is 0. The fraction of sp³-hybridized carbons (Fsp3) is 0.812. The first-order chi connectivity index (χ1) is 9.95. The number of carbonyl (C=O) groups is 3. The average Bonchev–Trinajstić information content (AvgIpc) is 3.11. The van der Waals surface area contributed by atoms with Crippen molar-refractivity contribution < 1.29 is 19.5 Å². The van der Waals surface area contributed by atoms with Gasteiger partial charge in [0, 0.05) is 6.42 Å². The molecule has 0 spiro atoms. The van der Waals surface area contributed by atoms with Crippen molar-refractivity contribution in [2.24, 2.45) is 23.2 Å². The minimum Gasteiger partial charge on any atom is -0.481 e. The summed E-state index contributed by atoms with van der Waals surface area (Å²) in [6.45, 7) is 3.88. The van der Waals surface area contributed by atoms with E-state index >= 15 is 0 Å². The highest BCUT2D eigenvalue weighted by Gasteiger charge is 2.60. The summed E-state index contributed by atoms with van der Waals surface area (Å²) in [6.07, 6.45) is 4.25. The smallest absolute Gasteiger partial charge is 0.308 e. The minimum atomic E-state index is -0.849. The summed E-state index contributed by atoms with van der Waals surface area (Å²) in [4.78, 5) is 38.3. The topological polar surface area (TPSA) is 74.7 Å². The molecule has 5 heteroatoms. The summed E-state index contributed by atoms with van der Waals surface area (Å²) in [5, 5.41) is 9.53. The summed E-state index contributed by atoms with van der Waals surface area (Å²) in [5.74, 6) is -1.36. The van der Waals surface area contributed by atoms with Gasteiger partial charge >= 0.3 is 5.97 Å². The molecule has 1 saturated heterocycles. The maximum Gasteiger partial charge on any atom is 0.308 e. The van der Waals surface area contributed by atoms with Crippen LogP contribution in [0.5, 0.6) is 0 Å². The number of carboxylic acid groups (broad SMARTS) is 1. The van der Waals surface area contributed by atoms with Gasteiger partial charge < -0.3 is 5.11 Å². The molecule has 3 fully saturated rings. The van der Waals surface area contributed by atoms with Crippen molar-refractivity contribution in [3.63, 3.8) is 0 Å². The number of nitrogens with zero attached hydrogens (tertiary/aromatic N) is 1. The van der Waals surface area contributed by atoms with Crippen LogP contribution in [0.1, 0.15) is 52.4 Å². The lowest BCUT2D eigenvalue weighted by Gasteiger charge is -2.35. The molecule has 3 aliphatic rings. The second-order valence-electron chi connectivity index (χ2n) is 6.92. The van der Waals surface area contributed by atoms with Crippen LogP contribution in [0.2, 0.25) is 0 Å². The number of amides is 2. The van der Waals surface area contributed by atoms with Gasteiger partial charge in [-0.15, -0.1) is 0 Å². The van der Waals surface area contributed by atoms with Gasteiger partial charge in [-0.25, -0.2) is 0 Å². The Morgan fingerprint density at radius 1 is 1.24 bits per heavy atom. The quantitative estimate of drug-likeness (QED) is 0.805. The van der Waals surface area contributed by atoms with E-state index < -0.39 is 23.3 Å². The van der Waals surface area contributed by atoms with E-state index in [1.165, 1.54) is 4.90 Å². The number of carboxylic acids is 1. The van der Waals surface area contributed by atoms with Crippen molar-refractivity contribution in [1.29, 1.82) is 0 Å². The van der Waals surface area contributed by atoms with Crippen molar-refractivity contribution in [3.05, 3.63) is 0 Å². The van der Waals surface area contributed by atoms with Crippen molar-refractivity contribution >= 4 is 17.8 Å². The van der Waals surface area contributed by atoms with Crippen LogP contribution in [-0.2, 0) is 14.4 Å². The molecule has 0 aromatic rings. The van der Waals surface area contributed by atoms with Crippen LogP contribution >= 0.6 is 0 Å². The number of aliphatic carboxylic acids is 1. The lowest BCUT2D eigenvalue weighted by Crippen LogP contribution is -2.51. The van der Waals surface area contributed by atoms with Crippen molar-refractivity contribution in [2.45, 2.75) is 58.4 Å². The lowest BCUT2D eigenvalue weighted by molar-refractivity contribution is -0.153. The first-order valence-corrected chi connectivity index (χ1v) is 8.04. The molecule has 116 valence electrons. The van der Waals surface area contributed by atoms with Crippen LogP contribution in [-0.4, -0.2) is 33.8 Å². The molecule has 0 aromatic carbocycles. The zero-order valence-electron chi connectivity index (χ0n) is 12.7. The molecular weight excluding hydrogens is 270 g/mol. The Balaban J connectivity index is 1.94. The number of hydrogen-bond donors (Lipinski definition) is 1. The van der Waals surface area contributed by atoms with Crippen LogP contribution < -0.4 is 0 Å². The van der Waals surface area contributed by atoms with E-state index in [4.69, 9.17) is 0 Å². The van der Waals surface area contributed by atoms with E-state index in [0.717, 1.165) is 19.3 Å². The number of rotatable bonds is 4. The van der Waals surface area contributed by atoms with E-state index in [9.17, 15) is 19.5 Å². The Labute approximate surface area is 124 Å². The second kappa shape index (κ2) is 4.82. The Hall–Kier alpha value is -1.39. The van der Waals surface area contributed by atoms with Crippen LogP contribution in [0.25, 0.3) is 0 Å². The highest BCUT2D eigenvalue weighted by Crippen LogP contribution is 2.53. The van der Waals surface area contributed by atoms with Gasteiger partial charge in [0.1, 0.15) is 0 Å². The predicted octanol–water partition coefficient (Wildman–Crippen LogP) is 2.05. The first-order valence-electron chi connectivity index (χ1n) is 8.04. The molecule has 2 bridgehead atoms. The standard InChI is InChI=1S/C16H23NO4/c1-3-16(4-2)8-11(18)17(15(16)21)13-10-6-5-9(7-10)12(13)14(19)20/h9-10,12-13H,3-8H2,1-2H3,(H,19,20). The number of fused-ring (bicyclic) bond motifs is 2. The summed E-state index contributed by atoms with van der Waals surface area (Å²) in [6, 6.07) is -0.402. The van der Waals surface area contributed by atoms with E-state index in [2.05, 4.69) is 0 Å². The molecule has 2 saturated carbocycles. The fourth-order valence-electron chi connectivity index (χ4n) is 4.90. The van der Waals surface area contributed by atoms with Crippen LogP contribution in [0.15, 0.2) is 0 Å². The van der Waals surface area contributed by atoms with Crippen LogP contribution in [0.4, 0.5) is 0 Å².